The van der Waals surface area contributed by atoms with Crippen molar-refractivity contribution in [3.05, 3.63) is 0 Å². The molecule has 3 atom stereocenters. The lowest BCUT2D eigenvalue weighted by molar-refractivity contribution is -0.113. The van der Waals surface area contributed by atoms with Crippen LogP contribution < -0.4 is 0 Å². The molecule has 0 unspecified atom stereocenters. The summed E-state index contributed by atoms with van der Waals surface area (Å²) in [6.07, 6.45) is 12.9. The summed E-state index contributed by atoms with van der Waals surface area (Å²) in [5.74, 6) is 6.12. The molecule has 0 heterocycles. The molecule has 5 rings (SSSR count). The van der Waals surface area contributed by atoms with Crippen LogP contribution in [0, 0.1) is 52.3 Å². The lowest BCUT2D eigenvalue weighted by Gasteiger charge is -2.62. The van der Waals surface area contributed by atoms with Gasteiger partial charge in [-0.25, -0.2) is 0 Å². The summed E-state index contributed by atoms with van der Waals surface area (Å²) >= 11 is 0. The molecule has 29 heavy (non-hydrogen) atoms. The van der Waals surface area contributed by atoms with Gasteiger partial charge in [-0.1, -0.05) is 68.7 Å². The minimum Gasteiger partial charge on any atom is -0.393 e. The second-order valence-electron chi connectivity index (χ2n) is 13.6. The van der Waals surface area contributed by atoms with Gasteiger partial charge in [-0.15, -0.1) is 0 Å². The molecule has 0 aromatic rings. The molecule has 4 bridgehead atoms. The standard InChI is InChI=1S/C14H24.C10H20O.C4H10/c1-13(2,3)14-7-10-4-11(8-14)6-12(5-10)9-14;1-7(2)9-5-4-8(3)6-10(9)11;1-4(2)3/h10-12H,4-9H2,1-3H3;7-11H,4-6H2,1-3H3;4H,1-3H3/t;8-,9+,10-;/m.1./s1. The Morgan fingerprint density at radius 2 is 1.17 bits per heavy atom. The molecule has 0 amide bonds. The molecular weight excluding hydrogens is 352 g/mol. The van der Waals surface area contributed by atoms with Crippen molar-refractivity contribution in [1.29, 1.82) is 0 Å². The van der Waals surface area contributed by atoms with E-state index in [9.17, 15) is 5.11 Å². The van der Waals surface area contributed by atoms with Crippen LogP contribution in [0.4, 0.5) is 0 Å². The first-order chi connectivity index (χ1) is 13.3. The average Bonchev–Trinajstić information content (AvgIpc) is 2.52. The van der Waals surface area contributed by atoms with Crippen LogP contribution in [0.15, 0.2) is 0 Å². The number of aliphatic hydroxyl groups excluding tert-OH is 1. The first-order valence-electron chi connectivity index (χ1n) is 13.0. The highest BCUT2D eigenvalue weighted by Crippen LogP contribution is 2.65. The van der Waals surface area contributed by atoms with E-state index < -0.39 is 0 Å². The fourth-order valence-electron chi connectivity index (χ4n) is 7.18. The zero-order valence-corrected chi connectivity index (χ0v) is 21.4. The number of hydrogen-bond acceptors (Lipinski definition) is 1. The quantitative estimate of drug-likeness (QED) is 0.464. The summed E-state index contributed by atoms with van der Waals surface area (Å²) in [5, 5.41) is 9.71. The molecule has 5 fully saturated rings. The van der Waals surface area contributed by atoms with Gasteiger partial charge in [0.2, 0.25) is 0 Å². The molecule has 1 N–H and O–H groups in total. The van der Waals surface area contributed by atoms with E-state index in [2.05, 4.69) is 62.3 Å². The normalized spacial score (nSPS) is 41.0. The zero-order chi connectivity index (χ0) is 22.0. The maximum atomic E-state index is 9.71. The summed E-state index contributed by atoms with van der Waals surface area (Å²) < 4.78 is 0. The van der Waals surface area contributed by atoms with Gasteiger partial charge < -0.3 is 5.11 Å². The predicted molar refractivity (Wildman–Crippen MR) is 128 cm³/mol. The van der Waals surface area contributed by atoms with Crippen molar-refractivity contribution in [3.63, 3.8) is 0 Å². The summed E-state index contributed by atoms with van der Waals surface area (Å²) in [5.41, 5.74) is 1.30. The van der Waals surface area contributed by atoms with Gasteiger partial charge >= 0.3 is 0 Å². The molecule has 0 saturated heterocycles. The fourth-order valence-corrected chi connectivity index (χ4v) is 7.18. The van der Waals surface area contributed by atoms with E-state index in [1.54, 1.807) is 38.5 Å². The second-order valence-corrected chi connectivity index (χ2v) is 13.6. The Labute approximate surface area is 183 Å². The van der Waals surface area contributed by atoms with E-state index in [0.717, 1.165) is 41.4 Å². The molecule has 0 aromatic heterocycles. The Kier molecular flexibility index (Phi) is 8.74. The largest absolute Gasteiger partial charge is 0.393 e. The SMILES string of the molecule is CC(C)(C)C12CC3CC(CC(C3)C1)C2.CC(C)C.CC(C)[C@@H]1CC[C@@H](C)C[C@H]1O. The van der Waals surface area contributed by atoms with Crippen molar-refractivity contribution >= 4 is 0 Å². The number of aliphatic hydroxyl groups is 1. The summed E-state index contributed by atoms with van der Waals surface area (Å²) in [6, 6.07) is 0. The summed E-state index contributed by atoms with van der Waals surface area (Å²) in [6.45, 7) is 20.6. The van der Waals surface area contributed by atoms with Crippen molar-refractivity contribution in [3.8, 4) is 0 Å². The minimum absolute atomic E-state index is 0.0289. The monoisotopic (exact) mass is 406 g/mol. The van der Waals surface area contributed by atoms with Crippen LogP contribution in [0.25, 0.3) is 0 Å². The van der Waals surface area contributed by atoms with Crippen molar-refractivity contribution in [2.45, 2.75) is 126 Å². The fraction of sp³-hybridized carbons (Fsp3) is 1.00. The van der Waals surface area contributed by atoms with Gasteiger partial charge in [-0.3, -0.25) is 0 Å². The third-order valence-electron chi connectivity index (χ3n) is 8.62. The Hall–Kier alpha value is -0.0400. The van der Waals surface area contributed by atoms with Gasteiger partial charge in [0.1, 0.15) is 0 Å². The molecule has 0 aromatic carbocycles. The minimum atomic E-state index is -0.0289. The maximum absolute atomic E-state index is 9.71. The molecular formula is C28H54O. The van der Waals surface area contributed by atoms with Crippen molar-refractivity contribution in [2.24, 2.45) is 52.3 Å². The molecule has 0 aliphatic heterocycles. The van der Waals surface area contributed by atoms with Gasteiger partial charge in [0.05, 0.1) is 6.10 Å². The van der Waals surface area contributed by atoms with Crippen LogP contribution in [0.3, 0.4) is 0 Å². The summed E-state index contributed by atoms with van der Waals surface area (Å²) in [7, 11) is 0. The molecule has 0 radical (unpaired) electrons. The van der Waals surface area contributed by atoms with Crippen LogP contribution in [0.1, 0.15) is 120 Å². The molecule has 172 valence electrons. The van der Waals surface area contributed by atoms with Gasteiger partial charge in [-0.2, -0.15) is 0 Å². The third-order valence-corrected chi connectivity index (χ3v) is 8.62. The number of hydrogen-bond donors (Lipinski definition) is 1. The van der Waals surface area contributed by atoms with Crippen LogP contribution >= 0.6 is 0 Å². The van der Waals surface area contributed by atoms with E-state index in [1.807, 2.05) is 0 Å². The molecule has 1 heteroatoms. The third kappa shape index (κ3) is 6.72. The van der Waals surface area contributed by atoms with Gasteiger partial charge in [0.15, 0.2) is 0 Å². The summed E-state index contributed by atoms with van der Waals surface area (Å²) in [4.78, 5) is 0. The highest BCUT2D eigenvalue weighted by Gasteiger charge is 2.55. The highest BCUT2D eigenvalue weighted by molar-refractivity contribution is 5.05. The zero-order valence-electron chi connectivity index (χ0n) is 21.4. The van der Waals surface area contributed by atoms with Gasteiger partial charge in [0, 0.05) is 0 Å². The Bertz CT molecular complexity index is 445. The van der Waals surface area contributed by atoms with Crippen molar-refractivity contribution < 1.29 is 5.11 Å². The van der Waals surface area contributed by atoms with E-state index in [1.165, 1.54) is 12.8 Å². The molecule has 5 aliphatic rings. The number of rotatable bonds is 1. The molecule has 5 aliphatic carbocycles. The topological polar surface area (TPSA) is 20.2 Å². The van der Waals surface area contributed by atoms with E-state index >= 15 is 0 Å². The van der Waals surface area contributed by atoms with Gasteiger partial charge in [-0.05, 0) is 104 Å². The smallest absolute Gasteiger partial charge is 0.0573 e. The van der Waals surface area contributed by atoms with Crippen LogP contribution in [0.2, 0.25) is 0 Å². The Morgan fingerprint density at radius 3 is 1.48 bits per heavy atom. The highest BCUT2D eigenvalue weighted by atomic mass is 16.3. The second kappa shape index (κ2) is 10.1. The first kappa shape index (κ1) is 25.2. The lowest BCUT2D eigenvalue weighted by atomic mass is 9.43. The lowest BCUT2D eigenvalue weighted by Crippen LogP contribution is -2.51. The maximum Gasteiger partial charge on any atom is 0.0573 e. The van der Waals surface area contributed by atoms with Gasteiger partial charge in [0.25, 0.3) is 0 Å². The molecule has 1 nitrogen and oxygen atoms in total. The van der Waals surface area contributed by atoms with Crippen LogP contribution in [0.5, 0.6) is 0 Å². The van der Waals surface area contributed by atoms with Crippen molar-refractivity contribution in [1.82, 2.24) is 0 Å². The van der Waals surface area contributed by atoms with E-state index in [0.29, 0.717) is 17.3 Å². The average molecular weight is 407 g/mol. The van der Waals surface area contributed by atoms with E-state index in [4.69, 9.17) is 0 Å². The van der Waals surface area contributed by atoms with Crippen molar-refractivity contribution in [2.75, 3.05) is 0 Å². The van der Waals surface area contributed by atoms with Crippen LogP contribution in [-0.4, -0.2) is 11.2 Å². The van der Waals surface area contributed by atoms with Crippen LogP contribution in [-0.2, 0) is 0 Å². The first-order valence-corrected chi connectivity index (χ1v) is 13.0. The molecule has 0 spiro atoms. The molecule has 5 saturated carbocycles. The Morgan fingerprint density at radius 1 is 0.759 bits per heavy atom. The Balaban J connectivity index is 0.000000180. The van der Waals surface area contributed by atoms with E-state index in [-0.39, 0.29) is 6.10 Å². The predicted octanol–water partition coefficient (Wildman–Crippen LogP) is 8.35.